The molecule has 0 aliphatic carbocycles. The Morgan fingerprint density at radius 1 is 1.15 bits per heavy atom. The van der Waals surface area contributed by atoms with E-state index in [4.69, 9.17) is 0 Å². The van der Waals surface area contributed by atoms with Gasteiger partial charge in [-0.15, -0.1) is 0 Å². The van der Waals surface area contributed by atoms with E-state index in [1.54, 1.807) is 0 Å². The lowest BCUT2D eigenvalue weighted by Crippen LogP contribution is -2.26. The molecular weight excluding hydrogens is 254 g/mol. The number of amides is 1. The van der Waals surface area contributed by atoms with Gasteiger partial charge in [0.1, 0.15) is 18.0 Å². The Bertz CT molecular complexity index is 422. The van der Waals surface area contributed by atoms with Crippen LogP contribution in [0.15, 0.2) is 6.33 Å². The van der Waals surface area contributed by atoms with Crippen LogP contribution in [-0.2, 0) is 11.2 Å². The van der Waals surface area contributed by atoms with Gasteiger partial charge in [0.15, 0.2) is 0 Å². The van der Waals surface area contributed by atoms with Crippen LogP contribution < -0.4 is 16.0 Å². The molecule has 20 heavy (non-hydrogen) atoms. The molecule has 0 aliphatic rings. The number of nitrogens with one attached hydrogen (secondary N) is 3. The van der Waals surface area contributed by atoms with Crippen LogP contribution in [0.25, 0.3) is 0 Å². The van der Waals surface area contributed by atoms with Crippen LogP contribution in [-0.4, -0.2) is 36.0 Å². The Morgan fingerprint density at radius 3 is 2.55 bits per heavy atom. The first-order chi connectivity index (χ1) is 9.72. The molecule has 0 radical (unpaired) electrons. The van der Waals surface area contributed by atoms with E-state index in [9.17, 15) is 4.79 Å². The van der Waals surface area contributed by atoms with Crippen LogP contribution >= 0.6 is 0 Å². The second-order valence-electron chi connectivity index (χ2n) is 4.58. The highest BCUT2D eigenvalue weighted by atomic mass is 16.1. The molecule has 0 saturated carbocycles. The number of carbonyl (C=O) groups excluding carboxylic acids is 1. The van der Waals surface area contributed by atoms with Gasteiger partial charge >= 0.3 is 0 Å². The SMILES string of the molecule is CCCNC(=O)CCNc1ncnc(NC)c1CCC. The number of hydrogen-bond donors (Lipinski definition) is 3. The summed E-state index contributed by atoms with van der Waals surface area (Å²) in [7, 11) is 1.85. The van der Waals surface area contributed by atoms with Crippen LogP contribution in [0.2, 0.25) is 0 Å². The van der Waals surface area contributed by atoms with Crippen molar-refractivity contribution in [3.8, 4) is 0 Å². The first-order valence-electron chi connectivity index (χ1n) is 7.25. The van der Waals surface area contributed by atoms with Crippen LogP contribution in [0.1, 0.15) is 38.7 Å². The number of anilines is 2. The average molecular weight is 279 g/mol. The third-order valence-electron chi connectivity index (χ3n) is 2.90. The third-order valence-corrected chi connectivity index (χ3v) is 2.90. The molecule has 1 aromatic heterocycles. The molecule has 0 unspecified atom stereocenters. The third kappa shape index (κ3) is 5.03. The Labute approximate surface area is 120 Å². The molecule has 1 heterocycles. The highest BCUT2D eigenvalue weighted by Gasteiger charge is 2.09. The number of nitrogens with zero attached hydrogens (tertiary/aromatic N) is 2. The summed E-state index contributed by atoms with van der Waals surface area (Å²) >= 11 is 0. The van der Waals surface area contributed by atoms with Crippen LogP contribution in [0, 0.1) is 0 Å². The minimum atomic E-state index is 0.0688. The Morgan fingerprint density at radius 2 is 1.90 bits per heavy atom. The normalized spacial score (nSPS) is 10.2. The van der Waals surface area contributed by atoms with Crippen molar-refractivity contribution in [2.45, 2.75) is 39.5 Å². The molecule has 6 nitrogen and oxygen atoms in total. The monoisotopic (exact) mass is 279 g/mol. The Balaban J connectivity index is 2.56. The molecular formula is C14H25N5O. The Hall–Kier alpha value is -1.85. The summed E-state index contributed by atoms with van der Waals surface area (Å²) in [5, 5.41) is 9.16. The smallest absolute Gasteiger partial charge is 0.221 e. The van der Waals surface area contributed by atoms with Crippen molar-refractivity contribution in [1.82, 2.24) is 15.3 Å². The Kier molecular flexibility index (Phi) is 7.39. The lowest BCUT2D eigenvalue weighted by molar-refractivity contribution is -0.120. The predicted octanol–water partition coefficient (Wildman–Crippen LogP) is 1.80. The summed E-state index contributed by atoms with van der Waals surface area (Å²) in [6.45, 7) is 5.47. The summed E-state index contributed by atoms with van der Waals surface area (Å²) in [6.07, 6.45) is 4.86. The van der Waals surface area contributed by atoms with Crippen LogP contribution in [0.5, 0.6) is 0 Å². The maximum atomic E-state index is 11.5. The fraction of sp³-hybridized carbons (Fsp3) is 0.643. The van der Waals surface area contributed by atoms with E-state index in [1.165, 1.54) is 6.33 Å². The van der Waals surface area contributed by atoms with Gasteiger partial charge in [0.2, 0.25) is 5.91 Å². The van der Waals surface area contributed by atoms with Gasteiger partial charge in [-0.1, -0.05) is 20.3 Å². The maximum Gasteiger partial charge on any atom is 0.221 e. The molecule has 1 aromatic rings. The molecule has 1 rings (SSSR count). The highest BCUT2D eigenvalue weighted by Crippen LogP contribution is 2.20. The minimum Gasteiger partial charge on any atom is -0.373 e. The maximum absolute atomic E-state index is 11.5. The fourth-order valence-electron chi connectivity index (χ4n) is 1.91. The molecule has 0 saturated heterocycles. The second-order valence-corrected chi connectivity index (χ2v) is 4.58. The predicted molar refractivity (Wildman–Crippen MR) is 82.0 cm³/mol. The summed E-state index contributed by atoms with van der Waals surface area (Å²) in [5.41, 5.74) is 1.08. The fourth-order valence-corrected chi connectivity index (χ4v) is 1.91. The van der Waals surface area contributed by atoms with Gasteiger partial charge in [0.05, 0.1) is 0 Å². The minimum absolute atomic E-state index is 0.0688. The number of aromatic nitrogens is 2. The number of carbonyl (C=O) groups is 1. The van der Waals surface area contributed by atoms with Crippen molar-refractivity contribution in [2.24, 2.45) is 0 Å². The molecule has 1 amide bonds. The zero-order valence-electron chi connectivity index (χ0n) is 12.6. The van der Waals surface area contributed by atoms with Gasteiger partial charge in [-0.3, -0.25) is 4.79 Å². The van der Waals surface area contributed by atoms with E-state index >= 15 is 0 Å². The standard InChI is InChI=1S/C14H25N5O/c1-4-6-11-13(15-3)18-10-19-14(11)17-9-7-12(20)16-8-5-2/h10H,4-9H2,1-3H3,(H,16,20)(H2,15,17,18,19). The first kappa shape index (κ1) is 16.2. The quantitative estimate of drug-likeness (QED) is 0.642. The van der Waals surface area contributed by atoms with Gasteiger partial charge in [-0.2, -0.15) is 0 Å². The molecule has 0 fully saturated rings. The largest absolute Gasteiger partial charge is 0.373 e. The summed E-state index contributed by atoms with van der Waals surface area (Å²) < 4.78 is 0. The molecule has 0 bridgehead atoms. The molecule has 0 aromatic carbocycles. The summed E-state index contributed by atoms with van der Waals surface area (Å²) in [6, 6.07) is 0. The van der Waals surface area contributed by atoms with Crippen molar-refractivity contribution < 1.29 is 4.79 Å². The molecule has 0 spiro atoms. The zero-order valence-corrected chi connectivity index (χ0v) is 12.6. The van der Waals surface area contributed by atoms with Crippen molar-refractivity contribution in [2.75, 3.05) is 30.8 Å². The van der Waals surface area contributed by atoms with E-state index in [2.05, 4.69) is 32.8 Å². The summed E-state index contributed by atoms with van der Waals surface area (Å²) in [5.74, 6) is 1.73. The second kappa shape index (κ2) is 9.12. The molecule has 112 valence electrons. The lowest BCUT2D eigenvalue weighted by atomic mass is 10.1. The topological polar surface area (TPSA) is 78.9 Å². The lowest BCUT2D eigenvalue weighted by Gasteiger charge is -2.13. The van der Waals surface area contributed by atoms with E-state index in [-0.39, 0.29) is 5.91 Å². The van der Waals surface area contributed by atoms with Gasteiger partial charge in [-0.25, -0.2) is 9.97 Å². The summed E-state index contributed by atoms with van der Waals surface area (Å²) in [4.78, 5) is 20.0. The van der Waals surface area contributed by atoms with Crippen LogP contribution in [0.3, 0.4) is 0 Å². The molecule has 0 aliphatic heterocycles. The molecule has 0 atom stereocenters. The van der Waals surface area contributed by atoms with Crippen molar-refractivity contribution in [3.63, 3.8) is 0 Å². The van der Waals surface area contributed by atoms with Gasteiger partial charge < -0.3 is 16.0 Å². The first-order valence-corrected chi connectivity index (χ1v) is 7.25. The van der Waals surface area contributed by atoms with E-state index in [0.29, 0.717) is 13.0 Å². The molecule has 6 heteroatoms. The number of rotatable bonds is 9. The van der Waals surface area contributed by atoms with Crippen LogP contribution in [0.4, 0.5) is 11.6 Å². The average Bonchev–Trinajstić information content (AvgIpc) is 2.46. The van der Waals surface area contributed by atoms with Gasteiger partial charge in [0, 0.05) is 32.1 Å². The van der Waals surface area contributed by atoms with Crippen molar-refractivity contribution in [1.29, 1.82) is 0 Å². The van der Waals surface area contributed by atoms with E-state index < -0.39 is 0 Å². The van der Waals surface area contributed by atoms with Gasteiger partial charge in [0.25, 0.3) is 0 Å². The molecule has 3 N–H and O–H groups in total. The number of hydrogen-bond acceptors (Lipinski definition) is 5. The highest BCUT2D eigenvalue weighted by molar-refractivity contribution is 5.76. The zero-order chi connectivity index (χ0) is 14.8. The van der Waals surface area contributed by atoms with E-state index in [1.807, 2.05) is 14.0 Å². The van der Waals surface area contributed by atoms with Crippen molar-refractivity contribution in [3.05, 3.63) is 11.9 Å². The van der Waals surface area contributed by atoms with E-state index in [0.717, 1.165) is 43.0 Å². The van der Waals surface area contributed by atoms with Crippen molar-refractivity contribution >= 4 is 17.5 Å². The van der Waals surface area contributed by atoms with Gasteiger partial charge in [-0.05, 0) is 12.8 Å².